The van der Waals surface area contributed by atoms with E-state index in [9.17, 15) is 4.21 Å². The van der Waals surface area contributed by atoms with Gasteiger partial charge in [-0.25, -0.2) is 0 Å². The summed E-state index contributed by atoms with van der Waals surface area (Å²) < 4.78 is 17.6. The van der Waals surface area contributed by atoms with Gasteiger partial charge in [0.05, 0.1) is 11.4 Å². The minimum absolute atomic E-state index is 0.191. The van der Waals surface area contributed by atoms with E-state index in [1.165, 1.54) is 19.3 Å². The maximum absolute atomic E-state index is 12.1. The lowest BCUT2D eigenvalue weighted by atomic mass is 10.1. The molecular formula is C14H29NO2S. The van der Waals surface area contributed by atoms with Crippen LogP contribution in [-0.2, 0) is 15.5 Å². The van der Waals surface area contributed by atoms with Crippen molar-refractivity contribution in [3.63, 3.8) is 0 Å². The SMILES string of the molecule is CCCNC(C)CCCCS(=O)C1CCOC1C. The van der Waals surface area contributed by atoms with E-state index in [1.807, 2.05) is 6.92 Å². The van der Waals surface area contributed by atoms with Gasteiger partial charge in [-0.15, -0.1) is 0 Å². The molecule has 0 aliphatic carbocycles. The third-order valence-electron chi connectivity index (χ3n) is 3.62. The number of nitrogens with one attached hydrogen (secondary N) is 1. The second-order valence-electron chi connectivity index (χ2n) is 5.34. The molecule has 1 fully saturated rings. The van der Waals surface area contributed by atoms with Crippen molar-refractivity contribution in [3.05, 3.63) is 0 Å². The monoisotopic (exact) mass is 275 g/mol. The molecule has 108 valence electrons. The molecule has 1 aliphatic rings. The quantitative estimate of drug-likeness (QED) is 0.657. The zero-order chi connectivity index (χ0) is 13.4. The van der Waals surface area contributed by atoms with Crippen LogP contribution in [0.4, 0.5) is 0 Å². The standard InChI is InChI=1S/C14H29NO2S/c1-4-9-15-12(2)7-5-6-11-18(16)14-8-10-17-13(14)3/h12-15H,4-11H2,1-3H3. The van der Waals surface area contributed by atoms with Crippen molar-refractivity contribution in [1.82, 2.24) is 5.32 Å². The number of ether oxygens (including phenoxy) is 1. The molecule has 0 saturated carbocycles. The molecule has 1 saturated heterocycles. The summed E-state index contributed by atoms with van der Waals surface area (Å²) in [5.74, 6) is 0.846. The average molecular weight is 275 g/mol. The average Bonchev–Trinajstić information content (AvgIpc) is 2.78. The van der Waals surface area contributed by atoms with E-state index >= 15 is 0 Å². The highest BCUT2D eigenvalue weighted by Gasteiger charge is 2.28. The number of hydrogen-bond donors (Lipinski definition) is 1. The third kappa shape index (κ3) is 5.81. The van der Waals surface area contributed by atoms with Crippen LogP contribution in [-0.4, -0.2) is 40.5 Å². The van der Waals surface area contributed by atoms with Gasteiger partial charge in [-0.1, -0.05) is 13.3 Å². The molecule has 3 nitrogen and oxygen atoms in total. The zero-order valence-electron chi connectivity index (χ0n) is 12.1. The largest absolute Gasteiger partial charge is 0.377 e. The Balaban J connectivity index is 2.05. The fourth-order valence-electron chi connectivity index (χ4n) is 2.40. The van der Waals surface area contributed by atoms with Crippen molar-refractivity contribution in [3.8, 4) is 0 Å². The summed E-state index contributed by atoms with van der Waals surface area (Å²) in [4.78, 5) is 0. The van der Waals surface area contributed by atoms with Gasteiger partial charge in [0.1, 0.15) is 0 Å². The van der Waals surface area contributed by atoms with E-state index in [-0.39, 0.29) is 11.4 Å². The highest BCUT2D eigenvalue weighted by molar-refractivity contribution is 7.85. The number of unbranched alkanes of at least 4 members (excludes halogenated alkanes) is 1. The van der Waals surface area contributed by atoms with E-state index in [1.54, 1.807) is 0 Å². The molecule has 18 heavy (non-hydrogen) atoms. The van der Waals surface area contributed by atoms with Crippen molar-refractivity contribution >= 4 is 10.8 Å². The van der Waals surface area contributed by atoms with Crippen LogP contribution in [0.25, 0.3) is 0 Å². The molecule has 1 heterocycles. The fourth-order valence-corrected chi connectivity index (χ4v) is 4.05. The zero-order valence-corrected chi connectivity index (χ0v) is 12.9. The van der Waals surface area contributed by atoms with Crippen molar-refractivity contribution in [2.75, 3.05) is 18.9 Å². The van der Waals surface area contributed by atoms with Crippen LogP contribution in [0.2, 0.25) is 0 Å². The Morgan fingerprint density at radius 2 is 2.22 bits per heavy atom. The van der Waals surface area contributed by atoms with E-state index in [2.05, 4.69) is 19.2 Å². The molecular weight excluding hydrogens is 246 g/mol. The fraction of sp³-hybridized carbons (Fsp3) is 1.00. The first-order valence-corrected chi connectivity index (χ1v) is 8.75. The normalized spacial score (nSPS) is 27.3. The lowest BCUT2D eigenvalue weighted by molar-refractivity contribution is 0.127. The highest BCUT2D eigenvalue weighted by Crippen LogP contribution is 2.19. The second-order valence-corrected chi connectivity index (χ2v) is 7.11. The van der Waals surface area contributed by atoms with Crippen LogP contribution < -0.4 is 5.32 Å². The Bertz CT molecular complexity index is 248. The summed E-state index contributed by atoms with van der Waals surface area (Å²) in [6.45, 7) is 8.36. The molecule has 1 aliphatic heterocycles. The first-order chi connectivity index (χ1) is 8.65. The van der Waals surface area contributed by atoms with Crippen LogP contribution in [0, 0.1) is 0 Å². The molecule has 0 bridgehead atoms. The van der Waals surface area contributed by atoms with Gasteiger partial charge in [-0.05, 0) is 46.1 Å². The van der Waals surface area contributed by atoms with Gasteiger partial charge in [-0.3, -0.25) is 4.21 Å². The molecule has 4 atom stereocenters. The van der Waals surface area contributed by atoms with Gasteiger partial charge >= 0.3 is 0 Å². The Morgan fingerprint density at radius 3 is 2.83 bits per heavy atom. The van der Waals surface area contributed by atoms with E-state index in [0.717, 1.165) is 31.7 Å². The topological polar surface area (TPSA) is 38.3 Å². The smallest absolute Gasteiger partial charge is 0.0691 e. The van der Waals surface area contributed by atoms with Gasteiger partial charge < -0.3 is 10.1 Å². The summed E-state index contributed by atoms with van der Waals surface area (Å²) in [5.41, 5.74) is 0. The van der Waals surface area contributed by atoms with Crippen LogP contribution in [0.5, 0.6) is 0 Å². The van der Waals surface area contributed by atoms with Gasteiger partial charge in [0.15, 0.2) is 0 Å². The van der Waals surface area contributed by atoms with Gasteiger partial charge in [0.2, 0.25) is 0 Å². The Labute approximate surface area is 115 Å². The number of rotatable bonds is 9. The lowest BCUT2D eigenvalue weighted by Crippen LogP contribution is -2.27. The molecule has 0 aromatic carbocycles. The minimum Gasteiger partial charge on any atom is -0.377 e. The summed E-state index contributed by atoms with van der Waals surface area (Å²) >= 11 is 0. The van der Waals surface area contributed by atoms with Gasteiger partial charge in [-0.2, -0.15) is 0 Å². The van der Waals surface area contributed by atoms with E-state index < -0.39 is 10.8 Å². The van der Waals surface area contributed by atoms with Crippen molar-refractivity contribution in [1.29, 1.82) is 0 Å². The maximum Gasteiger partial charge on any atom is 0.0691 e. The van der Waals surface area contributed by atoms with Crippen molar-refractivity contribution in [2.45, 2.75) is 70.3 Å². The van der Waals surface area contributed by atoms with E-state index in [0.29, 0.717) is 6.04 Å². The molecule has 0 aromatic rings. The predicted octanol–water partition coefficient (Wildman–Crippen LogP) is 2.47. The van der Waals surface area contributed by atoms with Crippen molar-refractivity contribution < 1.29 is 8.95 Å². The molecule has 1 rings (SSSR count). The van der Waals surface area contributed by atoms with Gasteiger partial charge in [0, 0.05) is 29.2 Å². The maximum atomic E-state index is 12.1. The third-order valence-corrected chi connectivity index (χ3v) is 5.61. The van der Waals surface area contributed by atoms with Crippen LogP contribution in [0.1, 0.15) is 52.9 Å². The molecule has 1 N–H and O–H groups in total. The molecule has 4 heteroatoms. The second kappa shape index (κ2) is 9.05. The molecule has 0 amide bonds. The van der Waals surface area contributed by atoms with E-state index in [4.69, 9.17) is 4.74 Å². The molecule has 4 unspecified atom stereocenters. The molecule has 0 aromatic heterocycles. The Morgan fingerprint density at radius 1 is 1.44 bits per heavy atom. The Kier molecular flexibility index (Phi) is 8.11. The molecule has 0 radical (unpaired) electrons. The number of hydrogen-bond acceptors (Lipinski definition) is 3. The highest BCUT2D eigenvalue weighted by atomic mass is 32.2. The lowest BCUT2D eigenvalue weighted by Gasteiger charge is -2.15. The summed E-state index contributed by atoms with van der Waals surface area (Å²) in [6, 6.07) is 0.590. The summed E-state index contributed by atoms with van der Waals surface area (Å²) in [6.07, 6.45) is 5.79. The van der Waals surface area contributed by atoms with Crippen LogP contribution in [0.3, 0.4) is 0 Å². The predicted molar refractivity (Wildman–Crippen MR) is 78.4 cm³/mol. The Hall–Kier alpha value is 0.0700. The minimum atomic E-state index is -0.691. The summed E-state index contributed by atoms with van der Waals surface area (Å²) in [5, 5.41) is 3.77. The van der Waals surface area contributed by atoms with Crippen LogP contribution in [0.15, 0.2) is 0 Å². The summed E-state index contributed by atoms with van der Waals surface area (Å²) in [7, 11) is -0.691. The van der Waals surface area contributed by atoms with Gasteiger partial charge in [0.25, 0.3) is 0 Å². The van der Waals surface area contributed by atoms with Crippen LogP contribution >= 0.6 is 0 Å². The first-order valence-electron chi connectivity index (χ1n) is 7.37. The molecule has 0 spiro atoms. The first kappa shape index (κ1) is 16.1. The van der Waals surface area contributed by atoms with Crippen molar-refractivity contribution in [2.24, 2.45) is 0 Å².